The summed E-state index contributed by atoms with van der Waals surface area (Å²) in [5.74, 6) is -0.0611. The maximum Gasteiger partial charge on any atom is 0.167 e. The van der Waals surface area contributed by atoms with Crippen LogP contribution >= 0.6 is 0 Å². The third-order valence-electron chi connectivity index (χ3n) is 2.87. The van der Waals surface area contributed by atoms with Crippen LogP contribution in [0.5, 0.6) is 0 Å². The number of carbonyl (C=O) groups excluding carboxylic acids is 1. The predicted octanol–water partition coefficient (Wildman–Crippen LogP) is 1.93. The third kappa shape index (κ3) is 2.07. The van der Waals surface area contributed by atoms with Gasteiger partial charge in [-0.3, -0.25) is 4.79 Å². The lowest BCUT2D eigenvalue weighted by molar-refractivity contribution is 0.0930. The standard InChI is InChI=1S/C12H14FNO/c1-8-6-9(2-3-11(8)13)12(15)10-4-5-14-7-10/h2-3,6,10,14H,4-5,7H2,1H3. The van der Waals surface area contributed by atoms with Crippen LogP contribution in [0.1, 0.15) is 22.3 Å². The van der Waals surface area contributed by atoms with Gasteiger partial charge >= 0.3 is 0 Å². The van der Waals surface area contributed by atoms with Crippen LogP contribution < -0.4 is 5.32 Å². The number of benzene rings is 1. The van der Waals surface area contributed by atoms with Gasteiger partial charge in [-0.15, -0.1) is 0 Å². The molecule has 1 fully saturated rings. The second-order valence-electron chi connectivity index (χ2n) is 4.02. The Balaban J connectivity index is 2.21. The number of ketones is 1. The molecule has 3 heteroatoms. The van der Waals surface area contributed by atoms with E-state index in [2.05, 4.69) is 5.32 Å². The smallest absolute Gasteiger partial charge is 0.167 e. The van der Waals surface area contributed by atoms with Crippen molar-refractivity contribution in [3.8, 4) is 0 Å². The Morgan fingerprint density at radius 2 is 2.33 bits per heavy atom. The Labute approximate surface area is 88.5 Å². The van der Waals surface area contributed by atoms with Crippen LogP contribution in [-0.4, -0.2) is 18.9 Å². The summed E-state index contributed by atoms with van der Waals surface area (Å²) in [6, 6.07) is 4.57. The zero-order valence-corrected chi connectivity index (χ0v) is 8.72. The summed E-state index contributed by atoms with van der Waals surface area (Å²) in [5.41, 5.74) is 1.16. The lowest BCUT2D eigenvalue weighted by atomic mass is 9.96. The molecule has 1 aromatic rings. The van der Waals surface area contributed by atoms with Crippen LogP contribution in [0, 0.1) is 18.7 Å². The van der Waals surface area contributed by atoms with Crippen molar-refractivity contribution in [2.24, 2.45) is 5.92 Å². The van der Waals surface area contributed by atoms with E-state index in [1.54, 1.807) is 19.1 Å². The molecule has 1 N–H and O–H groups in total. The minimum atomic E-state index is -0.254. The van der Waals surface area contributed by atoms with E-state index < -0.39 is 0 Å². The van der Waals surface area contributed by atoms with Crippen molar-refractivity contribution in [3.63, 3.8) is 0 Å². The molecule has 0 radical (unpaired) electrons. The number of hydrogen-bond donors (Lipinski definition) is 1. The summed E-state index contributed by atoms with van der Waals surface area (Å²) in [7, 11) is 0. The van der Waals surface area contributed by atoms with Crippen molar-refractivity contribution in [2.75, 3.05) is 13.1 Å². The van der Waals surface area contributed by atoms with E-state index in [9.17, 15) is 9.18 Å². The molecule has 0 aliphatic carbocycles. The van der Waals surface area contributed by atoms with Crippen LogP contribution in [0.4, 0.5) is 4.39 Å². The monoisotopic (exact) mass is 207 g/mol. The lowest BCUT2D eigenvalue weighted by Crippen LogP contribution is -2.18. The van der Waals surface area contributed by atoms with E-state index in [4.69, 9.17) is 0 Å². The van der Waals surface area contributed by atoms with Crippen LogP contribution in [0.25, 0.3) is 0 Å². The molecule has 2 rings (SSSR count). The fraction of sp³-hybridized carbons (Fsp3) is 0.417. The molecule has 1 unspecified atom stereocenters. The number of hydrogen-bond acceptors (Lipinski definition) is 2. The molecule has 15 heavy (non-hydrogen) atoms. The highest BCUT2D eigenvalue weighted by atomic mass is 19.1. The van der Waals surface area contributed by atoms with Crippen molar-refractivity contribution in [1.29, 1.82) is 0 Å². The van der Waals surface area contributed by atoms with Gasteiger partial charge < -0.3 is 5.32 Å². The average molecular weight is 207 g/mol. The SMILES string of the molecule is Cc1cc(C(=O)C2CCNC2)ccc1F. The normalized spacial score (nSPS) is 20.5. The number of carbonyl (C=O) groups is 1. The number of halogens is 1. The molecule has 1 aromatic carbocycles. The Morgan fingerprint density at radius 3 is 2.93 bits per heavy atom. The largest absolute Gasteiger partial charge is 0.316 e. The number of rotatable bonds is 2. The van der Waals surface area contributed by atoms with Crippen LogP contribution in [0.2, 0.25) is 0 Å². The highest BCUT2D eigenvalue weighted by Crippen LogP contribution is 2.17. The molecule has 2 nitrogen and oxygen atoms in total. The fourth-order valence-corrected chi connectivity index (χ4v) is 1.91. The molecule has 0 amide bonds. The summed E-state index contributed by atoms with van der Waals surface area (Å²) < 4.78 is 13.0. The van der Waals surface area contributed by atoms with Gasteiger partial charge in [0.25, 0.3) is 0 Å². The van der Waals surface area contributed by atoms with E-state index in [-0.39, 0.29) is 17.5 Å². The first-order valence-electron chi connectivity index (χ1n) is 5.19. The van der Waals surface area contributed by atoms with Gasteiger partial charge in [0, 0.05) is 18.0 Å². The minimum Gasteiger partial charge on any atom is -0.316 e. The first-order chi connectivity index (χ1) is 7.18. The van der Waals surface area contributed by atoms with E-state index in [0.717, 1.165) is 19.5 Å². The van der Waals surface area contributed by atoms with Crippen molar-refractivity contribution in [1.82, 2.24) is 5.32 Å². The van der Waals surface area contributed by atoms with Gasteiger partial charge in [-0.05, 0) is 43.7 Å². The Bertz CT molecular complexity index is 383. The minimum absolute atomic E-state index is 0.0647. The molecular weight excluding hydrogens is 193 g/mol. The Morgan fingerprint density at radius 1 is 1.53 bits per heavy atom. The van der Waals surface area contributed by atoms with E-state index in [1.165, 1.54) is 6.07 Å². The molecule has 0 spiro atoms. The Kier molecular flexibility index (Phi) is 2.82. The first-order valence-corrected chi connectivity index (χ1v) is 5.19. The quantitative estimate of drug-likeness (QED) is 0.751. The number of Topliss-reactive ketones (excluding diaryl/α,β-unsaturated/α-hetero) is 1. The fourth-order valence-electron chi connectivity index (χ4n) is 1.91. The van der Waals surface area contributed by atoms with Crippen LogP contribution in [0.15, 0.2) is 18.2 Å². The zero-order valence-electron chi connectivity index (χ0n) is 8.72. The van der Waals surface area contributed by atoms with E-state index >= 15 is 0 Å². The lowest BCUT2D eigenvalue weighted by Gasteiger charge is -2.08. The van der Waals surface area contributed by atoms with Gasteiger partial charge in [0.2, 0.25) is 0 Å². The number of aryl methyl sites for hydroxylation is 1. The molecule has 1 heterocycles. The second-order valence-corrected chi connectivity index (χ2v) is 4.02. The summed E-state index contributed by atoms with van der Waals surface area (Å²) in [5, 5.41) is 3.15. The molecule has 0 bridgehead atoms. The summed E-state index contributed by atoms with van der Waals surface area (Å²) in [6.07, 6.45) is 0.884. The van der Waals surface area contributed by atoms with Crippen molar-refractivity contribution in [3.05, 3.63) is 35.1 Å². The Hall–Kier alpha value is -1.22. The van der Waals surface area contributed by atoms with Gasteiger partial charge in [-0.1, -0.05) is 0 Å². The van der Waals surface area contributed by atoms with Crippen molar-refractivity contribution < 1.29 is 9.18 Å². The summed E-state index contributed by atoms with van der Waals surface area (Å²) >= 11 is 0. The van der Waals surface area contributed by atoms with Crippen molar-refractivity contribution >= 4 is 5.78 Å². The van der Waals surface area contributed by atoms with E-state index in [1.807, 2.05) is 0 Å². The van der Waals surface area contributed by atoms with Crippen LogP contribution in [0.3, 0.4) is 0 Å². The first kappa shape index (κ1) is 10.3. The molecule has 1 saturated heterocycles. The number of nitrogens with one attached hydrogen (secondary N) is 1. The maximum atomic E-state index is 13.0. The van der Waals surface area contributed by atoms with Gasteiger partial charge in [0.15, 0.2) is 5.78 Å². The highest BCUT2D eigenvalue weighted by molar-refractivity contribution is 5.98. The highest BCUT2D eigenvalue weighted by Gasteiger charge is 2.23. The van der Waals surface area contributed by atoms with Crippen molar-refractivity contribution in [2.45, 2.75) is 13.3 Å². The maximum absolute atomic E-state index is 13.0. The molecule has 1 aliphatic rings. The topological polar surface area (TPSA) is 29.1 Å². The molecular formula is C12H14FNO. The zero-order chi connectivity index (χ0) is 10.8. The average Bonchev–Trinajstić information content (AvgIpc) is 2.74. The molecule has 0 aromatic heterocycles. The van der Waals surface area contributed by atoms with E-state index in [0.29, 0.717) is 11.1 Å². The molecule has 1 atom stereocenters. The summed E-state index contributed by atoms with van der Waals surface area (Å²) in [6.45, 7) is 3.32. The summed E-state index contributed by atoms with van der Waals surface area (Å²) in [4.78, 5) is 11.9. The van der Waals surface area contributed by atoms with Gasteiger partial charge in [-0.2, -0.15) is 0 Å². The van der Waals surface area contributed by atoms with Crippen LogP contribution in [-0.2, 0) is 0 Å². The predicted molar refractivity (Wildman–Crippen MR) is 56.4 cm³/mol. The van der Waals surface area contributed by atoms with Gasteiger partial charge in [0.1, 0.15) is 5.82 Å². The van der Waals surface area contributed by atoms with Gasteiger partial charge in [0.05, 0.1) is 0 Å². The molecule has 0 saturated carbocycles. The third-order valence-corrected chi connectivity index (χ3v) is 2.87. The van der Waals surface area contributed by atoms with Gasteiger partial charge in [-0.25, -0.2) is 4.39 Å². The molecule has 1 aliphatic heterocycles. The molecule has 80 valence electrons. The second kappa shape index (κ2) is 4.11.